The second-order valence-corrected chi connectivity index (χ2v) is 4.79. The number of aromatic hydroxyl groups is 1. The lowest BCUT2D eigenvalue weighted by molar-refractivity contribution is 0.105. The fraction of sp³-hybridized carbons (Fsp3) is 0.0714. The van der Waals surface area contributed by atoms with Gasteiger partial charge in [-0.2, -0.15) is 0 Å². The fourth-order valence-corrected chi connectivity index (χ4v) is 2.12. The Balaban J connectivity index is 2.01. The molecule has 0 aliphatic rings. The van der Waals surface area contributed by atoms with E-state index in [2.05, 4.69) is 5.32 Å². The molecule has 4 heteroatoms. The first kappa shape index (κ1) is 12.4. The van der Waals surface area contributed by atoms with Gasteiger partial charge in [0.05, 0.1) is 10.6 Å². The van der Waals surface area contributed by atoms with Crippen LogP contribution in [0, 0.1) is 6.92 Å². The minimum Gasteiger partial charge on any atom is -0.506 e. The van der Waals surface area contributed by atoms with Crippen molar-refractivity contribution in [1.82, 2.24) is 0 Å². The molecule has 0 saturated heterocycles. The largest absolute Gasteiger partial charge is 0.506 e. The predicted molar refractivity (Wildman–Crippen MR) is 74.3 cm³/mol. The molecule has 0 unspecified atom stereocenters. The van der Waals surface area contributed by atoms with Gasteiger partial charge in [-0.15, -0.1) is 11.3 Å². The van der Waals surface area contributed by atoms with Crippen LogP contribution in [0.15, 0.2) is 48.0 Å². The Bertz CT molecular complexity index is 573. The first-order valence-corrected chi connectivity index (χ1v) is 6.35. The van der Waals surface area contributed by atoms with Crippen LogP contribution in [0.1, 0.15) is 15.2 Å². The standard InChI is InChI=1S/C14H13NO2S/c1-10-4-5-11(13(17)9-10)15-7-6-12(16)14-3-2-8-18-14/h2-9,15,17H,1H3/b7-6+. The van der Waals surface area contributed by atoms with Gasteiger partial charge in [0.1, 0.15) is 5.75 Å². The van der Waals surface area contributed by atoms with Crippen molar-refractivity contribution in [2.24, 2.45) is 0 Å². The summed E-state index contributed by atoms with van der Waals surface area (Å²) in [5, 5.41) is 14.4. The lowest BCUT2D eigenvalue weighted by Gasteiger charge is -2.04. The third-order valence-corrected chi connectivity index (χ3v) is 3.28. The van der Waals surface area contributed by atoms with Crippen LogP contribution in [0.5, 0.6) is 5.75 Å². The Morgan fingerprint density at radius 3 is 2.89 bits per heavy atom. The molecule has 0 atom stereocenters. The maximum absolute atomic E-state index is 11.7. The van der Waals surface area contributed by atoms with Crippen LogP contribution in [-0.2, 0) is 0 Å². The van der Waals surface area contributed by atoms with Crippen LogP contribution >= 0.6 is 11.3 Å². The zero-order valence-corrected chi connectivity index (χ0v) is 10.7. The van der Waals surface area contributed by atoms with Crippen molar-refractivity contribution in [3.8, 4) is 5.75 Å². The number of benzene rings is 1. The van der Waals surface area contributed by atoms with Crippen LogP contribution in [0.2, 0.25) is 0 Å². The Labute approximate surface area is 109 Å². The first-order valence-electron chi connectivity index (χ1n) is 5.47. The van der Waals surface area contributed by atoms with Crippen LogP contribution < -0.4 is 5.32 Å². The van der Waals surface area contributed by atoms with Crippen molar-refractivity contribution >= 4 is 22.8 Å². The summed E-state index contributed by atoms with van der Waals surface area (Å²) in [5.74, 6) is 0.118. The van der Waals surface area contributed by atoms with E-state index in [9.17, 15) is 9.90 Å². The molecule has 0 radical (unpaired) electrons. The molecule has 0 amide bonds. The van der Waals surface area contributed by atoms with Crippen molar-refractivity contribution < 1.29 is 9.90 Å². The number of rotatable bonds is 4. The first-order chi connectivity index (χ1) is 8.66. The summed E-state index contributed by atoms with van der Waals surface area (Å²) in [6.07, 6.45) is 2.98. The van der Waals surface area contributed by atoms with E-state index in [1.165, 1.54) is 23.6 Å². The van der Waals surface area contributed by atoms with Gasteiger partial charge in [-0.3, -0.25) is 4.79 Å². The zero-order chi connectivity index (χ0) is 13.0. The number of phenolic OH excluding ortho intramolecular Hbond substituents is 1. The van der Waals surface area contributed by atoms with Gasteiger partial charge in [0.2, 0.25) is 0 Å². The number of hydrogen-bond acceptors (Lipinski definition) is 4. The molecular formula is C14H13NO2S. The summed E-state index contributed by atoms with van der Waals surface area (Å²) >= 11 is 1.40. The number of allylic oxidation sites excluding steroid dienone is 1. The minimum atomic E-state index is -0.0518. The number of aryl methyl sites for hydroxylation is 1. The second kappa shape index (κ2) is 5.51. The summed E-state index contributed by atoms with van der Waals surface area (Å²) in [6.45, 7) is 1.90. The lowest BCUT2D eigenvalue weighted by atomic mass is 10.2. The molecule has 1 aromatic carbocycles. The average molecular weight is 259 g/mol. The summed E-state index contributed by atoms with van der Waals surface area (Å²) < 4.78 is 0. The van der Waals surface area contributed by atoms with E-state index in [0.717, 1.165) is 5.56 Å². The lowest BCUT2D eigenvalue weighted by Crippen LogP contribution is -1.93. The van der Waals surface area contributed by atoms with E-state index in [4.69, 9.17) is 0 Å². The highest BCUT2D eigenvalue weighted by Crippen LogP contribution is 2.23. The molecule has 0 bridgehead atoms. The van der Waals surface area contributed by atoms with E-state index in [1.807, 2.05) is 24.4 Å². The molecule has 92 valence electrons. The molecular weight excluding hydrogens is 246 g/mol. The topological polar surface area (TPSA) is 49.3 Å². The van der Waals surface area contributed by atoms with Crippen LogP contribution in [0.25, 0.3) is 0 Å². The summed E-state index contributed by atoms with van der Waals surface area (Å²) in [7, 11) is 0. The summed E-state index contributed by atoms with van der Waals surface area (Å²) in [6, 6.07) is 8.94. The smallest absolute Gasteiger partial charge is 0.197 e. The number of carbonyl (C=O) groups is 1. The molecule has 1 aromatic heterocycles. The van der Waals surface area contributed by atoms with Gasteiger partial charge in [0.15, 0.2) is 5.78 Å². The van der Waals surface area contributed by atoms with E-state index in [1.54, 1.807) is 18.2 Å². The van der Waals surface area contributed by atoms with Crippen molar-refractivity contribution in [3.05, 3.63) is 58.4 Å². The number of nitrogens with one attached hydrogen (secondary N) is 1. The van der Waals surface area contributed by atoms with Crippen molar-refractivity contribution in [1.29, 1.82) is 0 Å². The fourth-order valence-electron chi connectivity index (χ4n) is 1.47. The third-order valence-electron chi connectivity index (χ3n) is 2.39. The number of hydrogen-bond donors (Lipinski definition) is 2. The molecule has 0 aliphatic heterocycles. The summed E-state index contributed by atoms with van der Waals surface area (Å²) in [4.78, 5) is 12.4. The van der Waals surface area contributed by atoms with Gasteiger partial charge in [0.25, 0.3) is 0 Å². The molecule has 2 aromatic rings. The van der Waals surface area contributed by atoms with Gasteiger partial charge >= 0.3 is 0 Å². The monoisotopic (exact) mass is 259 g/mol. The van der Waals surface area contributed by atoms with Crippen LogP contribution in [0.4, 0.5) is 5.69 Å². The van der Waals surface area contributed by atoms with Crippen molar-refractivity contribution in [2.75, 3.05) is 5.32 Å². The SMILES string of the molecule is Cc1ccc(N/C=C/C(=O)c2cccs2)c(O)c1. The van der Waals surface area contributed by atoms with Crippen molar-refractivity contribution in [2.45, 2.75) is 6.92 Å². The van der Waals surface area contributed by atoms with Crippen LogP contribution in [-0.4, -0.2) is 10.9 Å². The molecule has 0 saturated carbocycles. The second-order valence-electron chi connectivity index (χ2n) is 3.84. The molecule has 2 N–H and O–H groups in total. The highest BCUT2D eigenvalue weighted by Gasteiger charge is 2.02. The third kappa shape index (κ3) is 2.99. The van der Waals surface area contributed by atoms with Crippen molar-refractivity contribution in [3.63, 3.8) is 0 Å². The quantitative estimate of drug-likeness (QED) is 0.501. The number of ketones is 1. The maximum atomic E-state index is 11.7. The van der Waals surface area contributed by atoms with E-state index >= 15 is 0 Å². The van der Waals surface area contributed by atoms with Gasteiger partial charge in [-0.05, 0) is 36.1 Å². The number of carbonyl (C=O) groups excluding carboxylic acids is 1. The molecule has 3 nitrogen and oxygen atoms in total. The molecule has 0 spiro atoms. The van der Waals surface area contributed by atoms with E-state index in [-0.39, 0.29) is 11.5 Å². The molecule has 18 heavy (non-hydrogen) atoms. The highest BCUT2D eigenvalue weighted by atomic mass is 32.1. The van der Waals surface area contributed by atoms with Gasteiger partial charge in [0, 0.05) is 12.3 Å². The zero-order valence-electron chi connectivity index (χ0n) is 9.88. The number of anilines is 1. The minimum absolute atomic E-state index is 0.0518. The Morgan fingerprint density at radius 1 is 1.39 bits per heavy atom. The van der Waals surface area contributed by atoms with Gasteiger partial charge in [-0.1, -0.05) is 12.1 Å². The van der Waals surface area contributed by atoms with E-state index < -0.39 is 0 Å². The highest BCUT2D eigenvalue weighted by molar-refractivity contribution is 7.12. The Hall–Kier alpha value is -2.07. The Morgan fingerprint density at radius 2 is 2.22 bits per heavy atom. The summed E-state index contributed by atoms with van der Waals surface area (Å²) in [5.41, 5.74) is 1.56. The maximum Gasteiger partial charge on any atom is 0.197 e. The molecule has 1 heterocycles. The Kier molecular flexibility index (Phi) is 3.79. The van der Waals surface area contributed by atoms with Gasteiger partial charge in [-0.25, -0.2) is 0 Å². The average Bonchev–Trinajstić information content (AvgIpc) is 2.85. The van der Waals surface area contributed by atoms with Gasteiger partial charge < -0.3 is 10.4 Å². The molecule has 0 aliphatic carbocycles. The molecule has 0 fully saturated rings. The predicted octanol–water partition coefficient (Wildman–Crippen LogP) is 3.57. The van der Waals surface area contributed by atoms with Crippen LogP contribution in [0.3, 0.4) is 0 Å². The number of thiophene rings is 1. The normalized spacial score (nSPS) is 10.7. The molecule has 2 rings (SSSR count). The van der Waals surface area contributed by atoms with E-state index in [0.29, 0.717) is 10.6 Å². The number of phenols is 1.